The first kappa shape index (κ1) is 10.3. The van der Waals surface area contributed by atoms with Crippen molar-refractivity contribution in [1.82, 2.24) is 0 Å². The van der Waals surface area contributed by atoms with Crippen LogP contribution in [0.25, 0.3) is 0 Å². The minimum atomic E-state index is 0.602. The molecule has 1 aromatic carbocycles. The smallest absolute Gasteiger partial charge is 0.310 e. The van der Waals surface area contributed by atoms with Crippen LogP contribution in [0.3, 0.4) is 0 Å². The van der Waals surface area contributed by atoms with E-state index in [0.717, 1.165) is 11.8 Å². The van der Waals surface area contributed by atoms with E-state index in [1.165, 1.54) is 17.5 Å². The predicted octanol–water partition coefficient (Wildman–Crippen LogP) is 3.13. The highest BCUT2D eigenvalue weighted by Gasteiger charge is 2.01. The highest BCUT2D eigenvalue weighted by molar-refractivity contribution is 6.28. The van der Waals surface area contributed by atoms with Crippen LogP contribution in [-0.2, 0) is 0 Å². The van der Waals surface area contributed by atoms with Gasteiger partial charge in [0.25, 0.3) is 0 Å². The first-order chi connectivity index (χ1) is 6.25. The van der Waals surface area contributed by atoms with Crippen molar-refractivity contribution >= 4 is 9.76 Å². The van der Waals surface area contributed by atoms with Crippen LogP contribution in [0.4, 0.5) is 0 Å². The van der Waals surface area contributed by atoms with Crippen LogP contribution < -0.4 is 4.43 Å². The molecule has 2 radical (unpaired) electrons. The molecular weight excluding hydrogens is 176 g/mol. The maximum absolute atomic E-state index is 5.69. The van der Waals surface area contributed by atoms with E-state index in [0.29, 0.717) is 9.76 Å². The second kappa shape index (κ2) is 5.07. The highest BCUT2D eigenvalue weighted by atomic mass is 28.2. The van der Waals surface area contributed by atoms with Crippen LogP contribution in [0.15, 0.2) is 18.2 Å². The van der Waals surface area contributed by atoms with Crippen molar-refractivity contribution in [2.45, 2.75) is 33.2 Å². The number of hydrogen-bond acceptors (Lipinski definition) is 1. The van der Waals surface area contributed by atoms with E-state index >= 15 is 0 Å². The Morgan fingerprint density at radius 3 is 2.77 bits per heavy atom. The van der Waals surface area contributed by atoms with Crippen molar-refractivity contribution in [1.29, 1.82) is 0 Å². The molecule has 0 bridgehead atoms. The van der Waals surface area contributed by atoms with E-state index in [9.17, 15) is 0 Å². The summed E-state index contributed by atoms with van der Waals surface area (Å²) >= 11 is 0. The van der Waals surface area contributed by atoms with Crippen molar-refractivity contribution in [3.8, 4) is 5.75 Å². The van der Waals surface area contributed by atoms with E-state index in [2.05, 4.69) is 26.8 Å². The van der Waals surface area contributed by atoms with E-state index in [1.54, 1.807) is 0 Å². The Labute approximate surface area is 83.1 Å². The third-order valence-electron chi connectivity index (χ3n) is 2.09. The first-order valence-electron chi connectivity index (χ1n) is 4.71. The molecule has 13 heavy (non-hydrogen) atoms. The zero-order valence-electron chi connectivity index (χ0n) is 8.55. The van der Waals surface area contributed by atoms with Crippen LogP contribution in [0.1, 0.15) is 24.5 Å². The fraction of sp³-hybridized carbons (Fsp3) is 0.455. The standard InChI is InChI=1S/C11H16OSi/c1-4-8-13-12-11-7-5-6-9(2)10(11)3/h5-7H,4,8H2,1-3H3. The predicted molar refractivity (Wildman–Crippen MR) is 57.4 cm³/mol. The third kappa shape index (κ3) is 2.88. The molecule has 0 aliphatic heterocycles. The largest absolute Gasteiger partial charge is 0.541 e. The fourth-order valence-electron chi connectivity index (χ4n) is 1.07. The van der Waals surface area contributed by atoms with Gasteiger partial charge >= 0.3 is 9.76 Å². The van der Waals surface area contributed by atoms with Gasteiger partial charge in [-0.25, -0.2) is 0 Å². The van der Waals surface area contributed by atoms with Gasteiger partial charge in [0, 0.05) is 0 Å². The van der Waals surface area contributed by atoms with Gasteiger partial charge in [0.1, 0.15) is 5.75 Å². The molecule has 0 saturated carbocycles. The second-order valence-corrected chi connectivity index (χ2v) is 4.19. The summed E-state index contributed by atoms with van der Waals surface area (Å²) in [5, 5.41) is 0. The summed E-state index contributed by atoms with van der Waals surface area (Å²) < 4.78 is 5.69. The lowest BCUT2D eigenvalue weighted by Crippen LogP contribution is -2.02. The molecule has 0 spiro atoms. The molecule has 0 unspecified atom stereocenters. The van der Waals surface area contributed by atoms with E-state index < -0.39 is 0 Å². The Morgan fingerprint density at radius 2 is 2.08 bits per heavy atom. The lowest BCUT2D eigenvalue weighted by Gasteiger charge is -2.09. The summed E-state index contributed by atoms with van der Waals surface area (Å²) in [4.78, 5) is 0. The summed E-state index contributed by atoms with van der Waals surface area (Å²) in [5.41, 5.74) is 2.57. The number of hydrogen-bond donors (Lipinski definition) is 0. The third-order valence-corrected chi connectivity index (χ3v) is 3.16. The molecule has 1 aromatic rings. The van der Waals surface area contributed by atoms with Crippen molar-refractivity contribution in [2.75, 3.05) is 0 Å². The van der Waals surface area contributed by atoms with Crippen LogP contribution >= 0.6 is 0 Å². The van der Waals surface area contributed by atoms with Crippen LogP contribution in [-0.4, -0.2) is 9.76 Å². The molecule has 0 fully saturated rings. The average molecular weight is 192 g/mol. The maximum atomic E-state index is 5.69. The molecule has 0 saturated heterocycles. The molecule has 0 amide bonds. The molecule has 0 heterocycles. The molecular formula is C11H16OSi. The zero-order chi connectivity index (χ0) is 9.68. The van der Waals surface area contributed by atoms with Gasteiger partial charge in [-0.3, -0.25) is 0 Å². The van der Waals surface area contributed by atoms with Gasteiger partial charge in [-0.05, 0) is 37.1 Å². The van der Waals surface area contributed by atoms with Gasteiger partial charge in [0.2, 0.25) is 0 Å². The normalized spacial score (nSPS) is 10.1. The molecule has 1 nitrogen and oxygen atoms in total. The van der Waals surface area contributed by atoms with Crippen LogP contribution in [0.5, 0.6) is 5.75 Å². The Balaban J connectivity index is 2.61. The van der Waals surface area contributed by atoms with Crippen molar-refractivity contribution in [3.63, 3.8) is 0 Å². The number of aryl methyl sites for hydroxylation is 1. The molecule has 2 heteroatoms. The van der Waals surface area contributed by atoms with Gasteiger partial charge < -0.3 is 4.43 Å². The monoisotopic (exact) mass is 192 g/mol. The second-order valence-electron chi connectivity index (χ2n) is 3.19. The van der Waals surface area contributed by atoms with Crippen molar-refractivity contribution in [3.05, 3.63) is 29.3 Å². The molecule has 0 aliphatic carbocycles. The molecule has 0 atom stereocenters. The van der Waals surface area contributed by atoms with E-state index in [4.69, 9.17) is 4.43 Å². The molecule has 0 aromatic heterocycles. The van der Waals surface area contributed by atoms with E-state index in [1.807, 2.05) is 12.1 Å². The minimum Gasteiger partial charge on any atom is -0.541 e. The lowest BCUT2D eigenvalue weighted by molar-refractivity contribution is 0.584. The summed E-state index contributed by atoms with van der Waals surface area (Å²) in [6, 6.07) is 7.37. The maximum Gasteiger partial charge on any atom is 0.310 e. The summed E-state index contributed by atoms with van der Waals surface area (Å²) in [6.45, 7) is 6.41. The van der Waals surface area contributed by atoms with Gasteiger partial charge in [-0.15, -0.1) is 0 Å². The Hall–Kier alpha value is -0.763. The lowest BCUT2D eigenvalue weighted by atomic mass is 10.1. The topological polar surface area (TPSA) is 9.23 Å². The van der Waals surface area contributed by atoms with Gasteiger partial charge in [-0.2, -0.15) is 0 Å². The summed E-state index contributed by atoms with van der Waals surface area (Å²) in [7, 11) is 0.602. The highest BCUT2D eigenvalue weighted by Crippen LogP contribution is 2.20. The summed E-state index contributed by atoms with van der Waals surface area (Å²) in [6.07, 6.45) is 1.20. The Morgan fingerprint density at radius 1 is 1.31 bits per heavy atom. The van der Waals surface area contributed by atoms with Gasteiger partial charge in [-0.1, -0.05) is 25.5 Å². The zero-order valence-corrected chi connectivity index (χ0v) is 9.55. The first-order valence-corrected chi connectivity index (χ1v) is 5.83. The Kier molecular flexibility index (Phi) is 4.03. The summed E-state index contributed by atoms with van der Waals surface area (Å²) in [5.74, 6) is 1.05. The van der Waals surface area contributed by atoms with Crippen LogP contribution in [0.2, 0.25) is 6.04 Å². The molecule has 0 N–H and O–H groups in total. The molecule has 0 aliphatic rings. The fourth-order valence-corrected chi connectivity index (χ4v) is 1.75. The molecule has 1 rings (SSSR count). The van der Waals surface area contributed by atoms with Crippen molar-refractivity contribution in [2.24, 2.45) is 0 Å². The number of rotatable bonds is 4. The van der Waals surface area contributed by atoms with E-state index in [-0.39, 0.29) is 0 Å². The van der Waals surface area contributed by atoms with Gasteiger partial charge in [0.15, 0.2) is 0 Å². The van der Waals surface area contributed by atoms with Gasteiger partial charge in [0.05, 0.1) is 0 Å². The number of benzene rings is 1. The van der Waals surface area contributed by atoms with Crippen LogP contribution in [0, 0.1) is 13.8 Å². The average Bonchev–Trinajstić information content (AvgIpc) is 2.13. The SMILES string of the molecule is CCC[Si]Oc1cccc(C)c1C. The molecule has 70 valence electrons. The van der Waals surface area contributed by atoms with Crippen molar-refractivity contribution < 1.29 is 4.43 Å². The minimum absolute atomic E-state index is 0.602. The quantitative estimate of drug-likeness (QED) is 0.526. The Bertz CT molecular complexity index is 271.